The van der Waals surface area contributed by atoms with E-state index in [0.717, 1.165) is 67.2 Å². The summed E-state index contributed by atoms with van der Waals surface area (Å²) >= 11 is 0. The molecule has 1 aromatic heterocycles. The normalized spacial score (nSPS) is 21.3. The molecule has 5 rings (SSSR count). The van der Waals surface area contributed by atoms with Crippen LogP contribution in [0.4, 0.5) is 11.4 Å². The Morgan fingerprint density at radius 3 is 2.61 bits per heavy atom. The van der Waals surface area contributed by atoms with Crippen LogP contribution in [0.1, 0.15) is 38.4 Å². The highest BCUT2D eigenvalue weighted by Gasteiger charge is 2.52. The second kappa shape index (κ2) is 10.9. The molecule has 10 nitrogen and oxygen atoms in total. The minimum absolute atomic E-state index is 0.252. The summed E-state index contributed by atoms with van der Waals surface area (Å²) in [5, 5.41) is 4.06. The molecule has 3 aliphatic rings. The quantitative estimate of drug-likeness (QED) is 0.504. The summed E-state index contributed by atoms with van der Waals surface area (Å²) in [6.07, 6.45) is 4.94. The van der Waals surface area contributed by atoms with Gasteiger partial charge >= 0.3 is 5.97 Å². The van der Waals surface area contributed by atoms with Gasteiger partial charge in [-0.05, 0) is 74.2 Å². The molecule has 10 heteroatoms. The Hall–Kier alpha value is -3.21. The van der Waals surface area contributed by atoms with Gasteiger partial charge in [-0.2, -0.15) is 5.01 Å². The molecule has 1 aliphatic carbocycles. The number of hydrazine groups is 2. The van der Waals surface area contributed by atoms with Crippen LogP contribution in [0.15, 0.2) is 42.4 Å². The number of likely N-dealkylation sites (N-methyl/N-ethyl adjacent to an activating group) is 1. The number of nitrogens with zero attached hydrogens (tertiary/aromatic N) is 6. The van der Waals surface area contributed by atoms with E-state index in [1.807, 2.05) is 18.2 Å². The minimum atomic E-state index is -0.563. The summed E-state index contributed by atoms with van der Waals surface area (Å²) in [6.45, 7) is 11.8. The van der Waals surface area contributed by atoms with E-state index >= 15 is 0 Å². The molecule has 1 fully saturated rings. The highest BCUT2D eigenvalue weighted by Crippen LogP contribution is 2.50. The molecule has 204 valence electrons. The topological polar surface area (TPSA) is 103 Å². The molecule has 2 aliphatic heterocycles. The first-order chi connectivity index (χ1) is 18.3. The zero-order valence-corrected chi connectivity index (χ0v) is 23.0. The largest absolute Gasteiger partial charge is 0.465 e. The predicted molar refractivity (Wildman–Crippen MR) is 149 cm³/mol. The maximum Gasteiger partial charge on any atom is 0.329 e. The van der Waals surface area contributed by atoms with E-state index in [0.29, 0.717) is 19.7 Å². The number of nitrogens with two attached hydrogens (primary N) is 1. The minimum Gasteiger partial charge on any atom is -0.465 e. The van der Waals surface area contributed by atoms with Gasteiger partial charge in [-0.25, -0.2) is 19.9 Å². The monoisotopic (exact) mass is 520 g/mol. The van der Waals surface area contributed by atoms with Gasteiger partial charge < -0.3 is 20.3 Å². The first-order valence-corrected chi connectivity index (χ1v) is 13.6. The van der Waals surface area contributed by atoms with Crippen LogP contribution in [-0.4, -0.2) is 89.9 Å². The SMILES string of the molecule is CCOC(=O)C1C2=C(c3ncncc3CC2(C)C)N(Nc2ccc(N3CCN(C)CC3)cc2)N1CCCN. The zero-order valence-electron chi connectivity index (χ0n) is 23.0. The van der Waals surface area contributed by atoms with Crippen molar-refractivity contribution in [1.29, 1.82) is 0 Å². The maximum absolute atomic E-state index is 13.5. The third kappa shape index (κ3) is 4.95. The van der Waals surface area contributed by atoms with Gasteiger partial charge in [0.1, 0.15) is 12.0 Å². The lowest BCUT2D eigenvalue weighted by Gasteiger charge is -2.36. The van der Waals surface area contributed by atoms with E-state index in [-0.39, 0.29) is 11.4 Å². The Labute approximate surface area is 225 Å². The summed E-state index contributed by atoms with van der Waals surface area (Å²) in [5.41, 5.74) is 15.2. The van der Waals surface area contributed by atoms with Gasteiger partial charge in [0.2, 0.25) is 0 Å². The van der Waals surface area contributed by atoms with Crippen LogP contribution in [0.5, 0.6) is 0 Å². The van der Waals surface area contributed by atoms with Crippen molar-refractivity contribution in [2.75, 3.05) is 63.2 Å². The second-order valence-electron chi connectivity index (χ2n) is 10.9. The molecular formula is C28H40N8O2. The summed E-state index contributed by atoms with van der Waals surface area (Å²) in [5.74, 6) is -0.252. The van der Waals surface area contributed by atoms with E-state index < -0.39 is 6.04 Å². The van der Waals surface area contributed by atoms with Gasteiger partial charge in [-0.1, -0.05) is 13.8 Å². The van der Waals surface area contributed by atoms with Crippen molar-refractivity contribution >= 4 is 23.0 Å². The maximum atomic E-state index is 13.5. The third-order valence-corrected chi connectivity index (χ3v) is 7.74. The lowest BCUT2D eigenvalue weighted by molar-refractivity contribution is -0.151. The predicted octanol–water partition coefficient (Wildman–Crippen LogP) is 2.36. The van der Waals surface area contributed by atoms with E-state index in [1.165, 1.54) is 5.69 Å². The van der Waals surface area contributed by atoms with Crippen LogP contribution in [-0.2, 0) is 16.0 Å². The molecule has 1 saturated heterocycles. The molecule has 0 bridgehead atoms. The summed E-state index contributed by atoms with van der Waals surface area (Å²) in [7, 11) is 2.17. The number of ether oxygens (including phenoxy) is 1. The fraction of sp³-hybridized carbons (Fsp3) is 0.536. The van der Waals surface area contributed by atoms with Gasteiger partial charge in [-0.3, -0.25) is 5.43 Å². The molecular weight excluding hydrogens is 480 g/mol. The lowest BCUT2D eigenvalue weighted by atomic mass is 9.71. The van der Waals surface area contributed by atoms with Crippen molar-refractivity contribution in [3.05, 3.63) is 53.6 Å². The number of benzene rings is 1. The number of carbonyl (C=O) groups excluding carboxylic acids is 1. The molecule has 0 spiro atoms. The number of carbonyl (C=O) groups is 1. The molecule has 38 heavy (non-hydrogen) atoms. The van der Waals surface area contributed by atoms with Crippen molar-refractivity contribution in [2.45, 2.75) is 39.7 Å². The van der Waals surface area contributed by atoms with Crippen molar-refractivity contribution in [3.8, 4) is 0 Å². The summed E-state index contributed by atoms with van der Waals surface area (Å²) in [6, 6.07) is 7.95. The van der Waals surface area contributed by atoms with E-state index in [4.69, 9.17) is 15.5 Å². The number of nitrogens with one attached hydrogen (secondary N) is 1. The van der Waals surface area contributed by atoms with Crippen LogP contribution >= 0.6 is 0 Å². The number of anilines is 2. The Morgan fingerprint density at radius 2 is 1.92 bits per heavy atom. The molecule has 3 N–H and O–H groups in total. The number of hydrogen-bond acceptors (Lipinski definition) is 10. The number of esters is 1. The van der Waals surface area contributed by atoms with Crippen LogP contribution in [0.3, 0.4) is 0 Å². The molecule has 3 heterocycles. The lowest BCUT2D eigenvalue weighted by Crippen LogP contribution is -2.50. The molecule has 0 saturated carbocycles. The van der Waals surface area contributed by atoms with Gasteiger partial charge in [0.25, 0.3) is 0 Å². The van der Waals surface area contributed by atoms with Crippen LogP contribution < -0.4 is 16.1 Å². The number of rotatable bonds is 8. The molecule has 1 aromatic carbocycles. The van der Waals surface area contributed by atoms with Crippen molar-refractivity contribution in [1.82, 2.24) is 25.0 Å². The number of hydrogen-bond donors (Lipinski definition) is 2. The fourth-order valence-corrected chi connectivity index (χ4v) is 5.82. The Balaban J connectivity index is 1.53. The standard InChI is InChI=1S/C28H40N8O2/c1-5-38-27(37)26-23-25(24-20(17-28(23,2)3)18-30-19-31-24)36(35(26)12-6-11-29)32-21-7-9-22(10-8-21)34-15-13-33(4)14-16-34/h7-10,18-19,26,32H,5-6,11-17,29H2,1-4H3. The van der Waals surface area contributed by atoms with Crippen molar-refractivity contribution in [3.63, 3.8) is 0 Å². The van der Waals surface area contributed by atoms with Crippen LogP contribution in [0, 0.1) is 5.41 Å². The average molecular weight is 521 g/mol. The van der Waals surface area contributed by atoms with Gasteiger partial charge in [0, 0.05) is 44.6 Å². The van der Waals surface area contributed by atoms with Gasteiger partial charge in [0.15, 0.2) is 6.04 Å². The number of piperazine rings is 1. The summed E-state index contributed by atoms with van der Waals surface area (Å²) < 4.78 is 5.61. The average Bonchev–Trinajstić information content (AvgIpc) is 3.23. The van der Waals surface area contributed by atoms with Crippen molar-refractivity contribution in [2.24, 2.45) is 11.1 Å². The fourth-order valence-electron chi connectivity index (χ4n) is 5.82. The zero-order chi connectivity index (χ0) is 26.9. The van der Waals surface area contributed by atoms with Crippen LogP contribution in [0.2, 0.25) is 0 Å². The van der Waals surface area contributed by atoms with Crippen LogP contribution in [0.25, 0.3) is 5.70 Å². The summed E-state index contributed by atoms with van der Waals surface area (Å²) in [4.78, 5) is 27.2. The highest BCUT2D eigenvalue weighted by molar-refractivity contribution is 5.88. The molecule has 0 amide bonds. The Kier molecular flexibility index (Phi) is 7.56. The molecule has 1 unspecified atom stereocenters. The number of fused-ring (bicyclic) bond motifs is 2. The van der Waals surface area contributed by atoms with Gasteiger partial charge in [-0.15, -0.1) is 0 Å². The van der Waals surface area contributed by atoms with E-state index in [2.05, 4.69) is 70.4 Å². The molecule has 2 aromatic rings. The first-order valence-electron chi connectivity index (χ1n) is 13.6. The second-order valence-corrected chi connectivity index (χ2v) is 10.9. The highest BCUT2D eigenvalue weighted by atomic mass is 16.5. The third-order valence-electron chi connectivity index (χ3n) is 7.74. The first kappa shape index (κ1) is 26.4. The molecule has 0 radical (unpaired) electrons. The smallest absolute Gasteiger partial charge is 0.329 e. The Morgan fingerprint density at radius 1 is 1.18 bits per heavy atom. The Bertz CT molecular complexity index is 1170. The van der Waals surface area contributed by atoms with E-state index in [9.17, 15) is 4.79 Å². The number of aromatic nitrogens is 2. The van der Waals surface area contributed by atoms with Gasteiger partial charge in [0.05, 0.1) is 18.0 Å². The molecule has 1 atom stereocenters. The van der Waals surface area contributed by atoms with Crippen molar-refractivity contribution < 1.29 is 9.53 Å². The van der Waals surface area contributed by atoms with E-state index in [1.54, 1.807) is 6.33 Å².